The minimum atomic E-state index is -1.75. The second kappa shape index (κ2) is 7.12. The maximum absolute atomic E-state index is 10.7. The van der Waals surface area contributed by atoms with Gasteiger partial charge in [0.2, 0.25) is 0 Å². The molecular formula is C14H28O2Si. The molecule has 1 atom stereocenters. The van der Waals surface area contributed by atoms with Gasteiger partial charge in [0, 0.05) is 6.42 Å². The van der Waals surface area contributed by atoms with Crippen molar-refractivity contribution >= 4 is 14.6 Å². The van der Waals surface area contributed by atoms with Crippen molar-refractivity contribution in [2.75, 3.05) is 0 Å². The zero-order valence-corrected chi connectivity index (χ0v) is 13.2. The predicted octanol–water partition coefficient (Wildman–Crippen LogP) is 4.32. The van der Waals surface area contributed by atoms with Crippen molar-refractivity contribution in [2.24, 2.45) is 0 Å². The molecule has 0 aromatic rings. The summed E-state index contributed by atoms with van der Waals surface area (Å²) >= 11 is 0. The summed E-state index contributed by atoms with van der Waals surface area (Å²) in [5.74, 6) is 0. The molecule has 0 aromatic heterocycles. The molecule has 100 valence electrons. The Morgan fingerprint density at radius 2 is 1.88 bits per heavy atom. The Morgan fingerprint density at radius 3 is 2.29 bits per heavy atom. The highest BCUT2D eigenvalue weighted by molar-refractivity contribution is 6.74. The van der Waals surface area contributed by atoms with Crippen molar-refractivity contribution in [3.05, 3.63) is 12.2 Å². The number of carbonyl (C=O) groups excluding carboxylic acids is 1. The molecule has 0 aliphatic heterocycles. The van der Waals surface area contributed by atoms with Crippen LogP contribution in [0.3, 0.4) is 0 Å². The number of aldehydes is 1. The van der Waals surface area contributed by atoms with Gasteiger partial charge in [0.15, 0.2) is 8.32 Å². The monoisotopic (exact) mass is 256 g/mol. The van der Waals surface area contributed by atoms with E-state index in [9.17, 15) is 4.79 Å². The number of allylic oxidation sites excluding steroid dienone is 2. The van der Waals surface area contributed by atoms with Crippen molar-refractivity contribution in [1.29, 1.82) is 0 Å². The average Bonchev–Trinajstić information content (AvgIpc) is 2.16. The van der Waals surface area contributed by atoms with E-state index in [1.165, 1.54) is 0 Å². The first kappa shape index (κ1) is 16.6. The normalized spacial score (nSPS) is 15.2. The molecule has 0 rings (SSSR count). The summed E-state index contributed by atoms with van der Waals surface area (Å²) in [6.45, 7) is 13.2. The fourth-order valence-electron chi connectivity index (χ4n) is 1.37. The summed E-state index contributed by atoms with van der Waals surface area (Å²) < 4.78 is 6.26. The summed E-state index contributed by atoms with van der Waals surface area (Å²) in [7, 11) is -1.75. The molecule has 0 fully saturated rings. The van der Waals surface area contributed by atoms with Crippen molar-refractivity contribution < 1.29 is 9.22 Å². The summed E-state index contributed by atoms with van der Waals surface area (Å²) in [5.41, 5.74) is 0. The molecule has 3 heteroatoms. The summed E-state index contributed by atoms with van der Waals surface area (Å²) in [5, 5.41) is 0.203. The zero-order valence-electron chi connectivity index (χ0n) is 12.2. The highest BCUT2D eigenvalue weighted by Gasteiger charge is 2.38. The van der Waals surface area contributed by atoms with Crippen LogP contribution < -0.4 is 0 Å². The Morgan fingerprint density at radius 1 is 1.29 bits per heavy atom. The van der Waals surface area contributed by atoms with Gasteiger partial charge in [-0.1, -0.05) is 32.9 Å². The van der Waals surface area contributed by atoms with Crippen LogP contribution in [0, 0.1) is 0 Å². The van der Waals surface area contributed by atoms with E-state index >= 15 is 0 Å². The fourth-order valence-corrected chi connectivity index (χ4v) is 2.78. The van der Waals surface area contributed by atoms with Crippen LogP contribution in [0.1, 0.15) is 47.0 Å². The summed E-state index contributed by atoms with van der Waals surface area (Å²) in [4.78, 5) is 10.7. The first-order valence-corrected chi connectivity index (χ1v) is 9.38. The van der Waals surface area contributed by atoms with E-state index in [0.717, 1.165) is 19.1 Å². The Bertz CT molecular complexity index is 251. The van der Waals surface area contributed by atoms with Crippen molar-refractivity contribution in [3.8, 4) is 0 Å². The Kier molecular flexibility index (Phi) is 6.94. The van der Waals surface area contributed by atoms with Crippen LogP contribution in [0.5, 0.6) is 0 Å². The van der Waals surface area contributed by atoms with E-state index in [-0.39, 0.29) is 11.1 Å². The third-order valence-electron chi connectivity index (χ3n) is 3.52. The Labute approximate surface area is 108 Å². The standard InChI is InChI=1S/C14H28O2Si/c1-7-8-9-10-13(11-12-15)16-17(5,6)14(2,3)4/h7-8,12-13H,9-11H2,1-6H3/t13-/m0/s1. The van der Waals surface area contributed by atoms with Gasteiger partial charge in [0.05, 0.1) is 6.10 Å². The second-order valence-corrected chi connectivity index (χ2v) is 10.8. The third kappa shape index (κ3) is 6.17. The van der Waals surface area contributed by atoms with Gasteiger partial charge >= 0.3 is 0 Å². The zero-order chi connectivity index (χ0) is 13.5. The molecule has 0 aliphatic carbocycles. The van der Waals surface area contributed by atoms with Crippen LogP contribution in [0.25, 0.3) is 0 Å². The molecule has 0 saturated heterocycles. The van der Waals surface area contributed by atoms with Crippen molar-refractivity contribution in [3.63, 3.8) is 0 Å². The van der Waals surface area contributed by atoms with E-state index in [4.69, 9.17) is 4.43 Å². The Balaban J connectivity index is 4.47. The van der Waals surface area contributed by atoms with Gasteiger partial charge in [-0.3, -0.25) is 0 Å². The van der Waals surface area contributed by atoms with Gasteiger partial charge in [-0.05, 0) is 37.9 Å². The average molecular weight is 256 g/mol. The van der Waals surface area contributed by atoms with Crippen LogP contribution in [-0.2, 0) is 9.22 Å². The molecule has 0 heterocycles. The lowest BCUT2D eigenvalue weighted by molar-refractivity contribution is -0.109. The van der Waals surface area contributed by atoms with Gasteiger partial charge in [-0.25, -0.2) is 0 Å². The molecule has 0 aliphatic rings. The van der Waals surface area contributed by atoms with Gasteiger partial charge in [-0.2, -0.15) is 0 Å². The van der Waals surface area contributed by atoms with E-state index in [0.29, 0.717) is 6.42 Å². The molecule has 0 aromatic carbocycles. The Hall–Kier alpha value is -0.413. The maximum Gasteiger partial charge on any atom is 0.192 e. The second-order valence-electron chi connectivity index (χ2n) is 6.05. The molecule has 0 N–H and O–H groups in total. The van der Waals surface area contributed by atoms with Gasteiger partial charge in [0.25, 0.3) is 0 Å². The molecular weight excluding hydrogens is 228 g/mol. The molecule has 0 amide bonds. The molecule has 0 saturated carbocycles. The first-order valence-electron chi connectivity index (χ1n) is 6.47. The van der Waals surface area contributed by atoms with Crippen LogP contribution in [0.15, 0.2) is 12.2 Å². The van der Waals surface area contributed by atoms with Crippen LogP contribution >= 0.6 is 0 Å². The maximum atomic E-state index is 10.7. The minimum Gasteiger partial charge on any atom is -0.413 e. The third-order valence-corrected chi connectivity index (χ3v) is 8.05. The largest absolute Gasteiger partial charge is 0.413 e. The van der Waals surface area contributed by atoms with Crippen LogP contribution in [0.4, 0.5) is 0 Å². The minimum absolute atomic E-state index is 0.0876. The number of rotatable bonds is 7. The molecule has 0 radical (unpaired) electrons. The molecule has 0 spiro atoms. The van der Waals surface area contributed by atoms with E-state index in [1.807, 2.05) is 13.0 Å². The van der Waals surface area contributed by atoms with Gasteiger partial charge < -0.3 is 9.22 Å². The molecule has 2 nitrogen and oxygen atoms in total. The first-order chi connectivity index (χ1) is 7.74. The fraction of sp³-hybridized carbons (Fsp3) is 0.786. The van der Waals surface area contributed by atoms with E-state index < -0.39 is 8.32 Å². The topological polar surface area (TPSA) is 26.3 Å². The lowest BCUT2D eigenvalue weighted by Gasteiger charge is -2.39. The SMILES string of the molecule is CC=CCC[C@@H](CC=O)O[Si](C)(C)C(C)(C)C. The number of hydrogen-bond donors (Lipinski definition) is 0. The van der Waals surface area contributed by atoms with Crippen LogP contribution in [-0.4, -0.2) is 20.7 Å². The predicted molar refractivity (Wildman–Crippen MR) is 76.8 cm³/mol. The summed E-state index contributed by atoms with van der Waals surface area (Å²) in [6, 6.07) is 0. The quantitative estimate of drug-likeness (QED) is 0.385. The van der Waals surface area contributed by atoms with Crippen LogP contribution in [0.2, 0.25) is 18.1 Å². The van der Waals surface area contributed by atoms with Crippen molar-refractivity contribution in [2.45, 2.75) is 71.2 Å². The van der Waals surface area contributed by atoms with Gasteiger partial charge in [-0.15, -0.1) is 0 Å². The molecule has 17 heavy (non-hydrogen) atoms. The van der Waals surface area contributed by atoms with E-state index in [2.05, 4.69) is 39.9 Å². The van der Waals surface area contributed by atoms with Crippen molar-refractivity contribution in [1.82, 2.24) is 0 Å². The lowest BCUT2D eigenvalue weighted by Crippen LogP contribution is -2.44. The number of hydrogen-bond acceptors (Lipinski definition) is 2. The van der Waals surface area contributed by atoms with Gasteiger partial charge in [0.1, 0.15) is 6.29 Å². The highest BCUT2D eigenvalue weighted by atomic mass is 28.4. The molecule has 0 bridgehead atoms. The number of carbonyl (C=O) groups is 1. The van der Waals surface area contributed by atoms with E-state index in [1.54, 1.807) is 0 Å². The smallest absolute Gasteiger partial charge is 0.192 e. The highest BCUT2D eigenvalue weighted by Crippen LogP contribution is 2.38. The lowest BCUT2D eigenvalue weighted by atomic mass is 10.1. The molecule has 0 unspecified atom stereocenters. The summed E-state index contributed by atoms with van der Waals surface area (Å²) in [6.07, 6.45) is 7.69.